The Morgan fingerprint density at radius 3 is 2.33 bits per heavy atom. The molecule has 0 amide bonds. The average Bonchev–Trinajstić information content (AvgIpc) is 2.27. The molecule has 0 aliphatic rings. The van der Waals surface area contributed by atoms with Gasteiger partial charge in [0.15, 0.2) is 0 Å². The van der Waals surface area contributed by atoms with Crippen LogP contribution in [0, 0.1) is 11.6 Å². The SMILES string of the molecule is Fc1cc(F)cc(C(Br)Cc2cccc(Cl)c2)c1. The van der Waals surface area contributed by atoms with E-state index < -0.39 is 11.6 Å². The van der Waals surface area contributed by atoms with Crippen LogP contribution < -0.4 is 0 Å². The van der Waals surface area contributed by atoms with Crippen LogP contribution in [0.25, 0.3) is 0 Å². The molecule has 0 saturated heterocycles. The van der Waals surface area contributed by atoms with Gasteiger partial charge in [-0.05, 0) is 41.8 Å². The lowest BCUT2D eigenvalue weighted by Gasteiger charge is -2.11. The summed E-state index contributed by atoms with van der Waals surface area (Å²) in [6, 6.07) is 10.9. The van der Waals surface area contributed by atoms with Crippen molar-refractivity contribution in [1.82, 2.24) is 0 Å². The van der Waals surface area contributed by atoms with E-state index in [4.69, 9.17) is 11.6 Å². The van der Waals surface area contributed by atoms with Gasteiger partial charge < -0.3 is 0 Å². The van der Waals surface area contributed by atoms with E-state index >= 15 is 0 Å². The Hall–Kier alpha value is -0.930. The van der Waals surface area contributed by atoms with Crippen LogP contribution in [0.5, 0.6) is 0 Å². The lowest BCUT2D eigenvalue weighted by molar-refractivity contribution is 0.579. The Morgan fingerprint density at radius 2 is 1.72 bits per heavy atom. The summed E-state index contributed by atoms with van der Waals surface area (Å²) in [5, 5.41) is 0.651. The predicted octanol–water partition coefficient (Wildman–Crippen LogP) is 5.30. The summed E-state index contributed by atoms with van der Waals surface area (Å²) in [4.78, 5) is -0.152. The van der Waals surface area contributed by atoms with Crippen molar-refractivity contribution in [3.8, 4) is 0 Å². The van der Waals surface area contributed by atoms with Crippen molar-refractivity contribution in [2.24, 2.45) is 0 Å². The first kappa shape index (κ1) is 13.5. The third kappa shape index (κ3) is 3.53. The molecule has 94 valence electrons. The smallest absolute Gasteiger partial charge is 0.126 e. The predicted molar refractivity (Wildman–Crippen MR) is 73.2 cm³/mol. The molecule has 0 fully saturated rings. The third-order valence-electron chi connectivity index (χ3n) is 2.55. The third-order valence-corrected chi connectivity index (χ3v) is 3.64. The summed E-state index contributed by atoms with van der Waals surface area (Å²) in [5.41, 5.74) is 1.58. The quantitative estimate of drug-likeness (QED) is 0.670. The normalized spacial score (nSPS) is 12.4. The number of rotatable bonds is 3. The monoisotopic (exact) mass is 330 g/mol. The molecular weight excluding hydrogens is 322 g/mol. The van der Waals surface area contributed by atoms with Gasteiger partial charge in [-0.1, -0.05) is 39.7 Å². The molecule has 2 aromatic carbocycles. The van der Waals surface area contributed by atoms with Crippen LogP contribution in [-0.2, 0) is 6.42 Å². The fourth-order valence-corrected chi connectivity index (χ4v) is 2.60. The van der Waals surface area contributed by atoms with Gasteiger partial charge >= 0.3 is 0 Å². The standard InChI is InChI=1S/C14H10BrClF2/c15-14(5-9-2-1-3-11(16)4-9)10-6-12(17)8-13(18)7-10/h1-4,6-8,14H,5H2. The van der Waals surface area contributed by atoms with Gasteiger partial charge in [0, 0.05) is 15.9 Å². The molecule has 0 saturated carbocycles. The number of hydrogen-bond donors (Lipinski definition) is 0. The van der Waals surface area contributed by atoms with Crippen LogP contribution in [-0.4, -0.2) is 0 Å². The number of halogens is 4. The van der Waals surface area contributed by atoms with Gasteiger partial charge in [-0.25, -0.2) is 8.78 Å². The van der Waals surface area contributed by atoms with Crippen molar-refractivity contribution in [3.05, 3.63) is 70.2 Å². The van der Waals surface area contributed by atoms with Crippen molar-refractivity contribution in [1.29, 1.82) is 0 Å². The largest absolute Gasteiger partial charge is 0.207 e. The summed E-state index contributed by atoms with van der Waals surface area (Å²) in [6.07, 6.45) is 0.615. The number of hydrogen-bond acceptors (Lipinski definition) is 0. The first-order valence-corrected chi connectivity index (χ1v) is 6.68. The summed E-state index contributed by atoms with van der Waals surface area (Å²) >= 11 is 9.33. The van der Waals surface area contributed by atoms with Gasteiger partial charge in [0.05, 0.1) is 0 Å². The highest BCUT2D eigenvalue weighted by molar-refractivity contribution is 9.09. The van der Waals surface area contributed by atoms with Crippen molar-refractivity contribution in [2.75, 3.05) is 0 Å². The highest BCUT2D eigenvalue weighted by atomic mass is 79.9. The van der Waals surface area contributed by atoms with E-state index in [0.29, 0.717) is 17.0 Å². The van der Waals surface area contributed by atoms with Gasteiger partial charge in [0.2, 0.25) is 0 Å². The van der Waals surface area contributed by atoms with E-state index in [0.717, 1.165) is 11.6 Å². The van der Waals surface area contributed by atoms with Gasteiger partial charge in [0.25, 0.3) is 0 Å². The average molecular weight is 332 g/mol. The summed E-state index contributed by atoms with van der Waals surface area (Å²) in [7, 11) is 0. The maximum absolute atomic E-state index is 13.1. The lowest BCUT2D eigenvalue weighted by Crippen LogP contribution is -1.97. The Bertz CT molecular complexity index is 537. The van der Waals surface area contributed by atoms with Crippen LogP contribution in [0.3, 0.4) is 0 Å². The lowest BCUT2D eigenvalue weighted by atomic mass is 10.0. The molecule has 2 aromatic rings. The molecule has 0 N–H and O–H groups in total. The molecule has 0 aliphatic heterocycles. The minimum absolute atomic E-state index is 0.152. The summed E-state index contributed by atoms with van der Waals surface area (Å²) < 4.78 is 26.2. The fraction of sp³-hybridized carbons (Fsp3) is 0.143. The second-order valence-electron chi connectivity index (χ2n) is 4.00. The molecule has 0 aromatic heterocycles. The molecule has 0 heterocycles. The Balaban J connectivity index is 2.19. The van der Waals surface area contributed by atoms with Crippen LogP contribution in [0.4, 0.5) is 8.78 Å². The molecular formula is C14H10BrClF2. The second-order valence-corrected chi connectivity index (χ2v) is 5.55. The Morgan fingerprint density at radius 1 is 1.06 bits per heavy atom. The van der Waals surface area contributed by atoms with E-state index in [1.54, 1.807) is 6.07 Å². The van der Waals surface area contributed by atoms with E-state index in [1.807, 2.05) is 18.2 Å². The van der Waals surface area contributed by atoms with E-state index in [-0.39, 0.29) is 4.83 Å². The molecule has 0 nitrogen and oxygen atoms in total. The van der Waals surface area contributed by atoms with E-state index in [2.05, 4.69) is 15.9 Å². The zero-order valence-electron chi connectivity index (χ0n) is 9.34. The first-order valence-electron chi connectivity index (χ1n) is 5.39. The molecule has 0 radical (unpaired) electrons. The van der Waals surface area contributed by atoms with Crippen molar-refractivity contribution in [3.63, 3.8) is 0 Å². The van der Waals surface area contributed by atoms with Gasteiger partial charge in [-0.15, -0.1) is 0 Å². The molecule has 18 heavy (non-hydrogen) atoms. The Labute approximate surface area is 118 Å². The molecule has 2 rings (SSSR count). The van der Waals surface area contributed by atoms with Crippen molar-refractivity contribution < 1.29 is 8.78 Å². The van der Waals surface area contributed by atoms with Gasteiger partial charge in [0.1, 0.15) is 11.6 Å². The van der Waals surface area contributed by atoms with Crippen LogP contribution in [0.1, 0.15) is 16.0 Å². The van der Waals surface area contributed by atoms with E-state index in [9.17, 15) is 8.78 Å². The molecule has 1 atom stereocenters. The number of alkyl halides is 1. The second kappa shape index (κ2) is 5.81. The topological polar surface area (TPSA) is 0 Å². The Kier molecular flexibility index (Phi) is 4.36. The van der Waals surface area contributed by atoms with Gasteiger partial charge in [-0.2, -0.15) is 0 Å². The molecule has 0 bridgehead atoms. The zero-order chi connectivity index (χ0) is 13.1. The number of benzene rings is 2. The van der Waals surface area contributed by atoms with Crippen LogP contribution >= 0.6 is 27.5 Å². The minimum Gasteiger partial charge on any atom is -0.207 e. The molecule has 0 spiro atoms. The summed E-state index contributed by atoms with van der Waals surface area (Å²) in [5.74, 6) is -1.14. The zero-order valence-corrected chi connectivity index (χ0v) is 11.7. The first-order chi connectivity index (χ1) is 8.54. The van der Waals surface area contributed by atoms with Crippen molar-refractivity contribution >= 4 is 27.5 Å². The van der Waals surface area contributed by atoms with Crippen LogP contribution in [0.2, 0.25) is 5.02 Å². The highest BCUT2D eigenvalue weighted by Gasteiger charge is 2.11. The van der Waals surface area contributed by atoms with Crippen LogP contribution in [0.15, 0.2) is 42.5 Å². The maximum Gasteiger partial charge on any atom is 0.126 e. The van der Waals surface area contributed by atoms with Gasteiger partial charge in [-0.3, -0.25) is 0 Å². The molecule has 4 heteroatoms. The van der Waals surface area contributed by atoms with Crippen molar-refractivity contribution in [2.45, 2.75) is 11.2 Å². The maximum atomic E-state index is 13.1. The fourth-order valence-electron chi connectivity index (χ4n) is 1.74. The summed E-state index contributed by atoms with van der Waals surface area (Å²) in [6.45, 7) is 0. The molecule has 1 unspecified atom stereocenters. The van der Waals surface area contributed by atoms with E-state index in [1.165, 1.54) is 12.1 Å². The molecule has 0 aliphatic carbocycles. The minimum atomic E-state index is -0.569. The highest BCUT2D eigenvalue weighted by Crippen LogP contribution is 2.28.